The van der Waals surface area contributed by atoms with E-state index in [1.807, 2.05) is 24.3 Å². The predicted molar refractivity (Wildman–Crippen MR) is 74.6 cm³/mol. The molecule has 0 fully saturated rings. The lowest BCUT2D eigenvalue weighted by molar-refractivity contribution is -0.137. The minimum absolute atomic E-state index is 0.370. The summed E-state index contributed by atoms with van der Waals surface area (Å²) in [5, 5.41) is 3.12. The van der Waals surface area contributed by atoms with Gasteiger partial charge in [0.2, 0.25) is 0 Å². The molecule has 0 bridgehead atoms. The Hall–Kier alpha value is -1.97. The van der Waals surface area contributed by atoms with Crippen molar-refractivity contribution in [2.45, 2.75) is 26.1 Å². The molecule has 2 aromatic rings. The second-order valence-electron chi connectivity index (χ2n) is 4.60. The molecule has 0 aliphatic rings. The Morgan fingerprint density at radius 1 is 0.950 bits per heavy atom. The van der Waals surface area contributed by atoms with Gasteiger partial charge in [0.15, 0.2) is 0 Å². The molecular formula is C16H16F3N. The van der Waals surface area contributed by atoms with Gasteiger partial charge in [0.05, 0.1) is 5.56 Å². The van der Waals surface area contributed by atoms with E-state index in [0.717, 1.165) is 18.2 Å². The maximum atomic E-state index is 12.6. The van der Waals surface area contributed by atoms with Gasteiger partial charge in [-0.1, -0.05) is 31.2 Å². The van der Waals surface area contributed by atoms with Gasteiger partial charge in [-0.05, 0) is 41.8 Å². The van der Waals surface area contributed by atoms with Gasteiger partial charge in [0.1, 0.15) is 0 Å². The zero-order valence-electron chi connectivity index (χ0n) is 11.2. The van der Waals surface area contributed by atoms with Crippen molar-refractivity contribution >= 4 is 5.69 Å². The van der Waals surface area contributed by atoms with Crippen LogP contribution in [-0.2, 0) is 19.1 Å². The van der Waals surface area contributed by atoms with E-state index in [1.54, 1.807) is 6.07 Å². The quantitative estimate of drug-likeness (QED) is 0.841. The Kier molecular flexibility index (Phi) is 4.32. The number of halogens is 3. The van der Waals surface area contributed by atoms with Gasteiger partial charge in [-0.25, -0.2) is 0 Å². The molecule has 1 nitrogen and oxygen atoms in total. The first-order valence-corrected chi connectivity index (χ1v) is 6.48. The highest BCUT2D eigenvalue weighted by Crippen LogP contribution is 2.29. The molecule has 0 aliphatic carbocycles. The lowest BCUT2D eigenvalue weighted by atomic mass is 10.1. The molecule has 20 heavy (non-hydrogen) atoms. The van der Waals surface area contributed by atoms with Crippen molar-refractivity contribution in [2.75, 3.05) is 5.32 Å². The molecule has 1 N–H and O–H groups in total. The zero-order chi connectivity index (χ0) is 14.6. The number of aryl methyl sites for hydroxylation is 1. The van der Waals surface area contributed by atoms with E-state index < -0.39 is 11.7 Å². The molecule has 0 amide bonds. The molecule has 0 atom stereocenters. The van der Waals surface area contributed by atoms with Crippen LogP contribution in [0.3, 0.4) is 0 Å². The zero-order valence-corrected chi connectivity index (χ0v) is 11.2. The number of alkyl halides is 3. The van der Waals surface area contributed by atoms with E-state index in [4.69, 9.17) is 0 Å². The van der Waals surface area contributed by atoms with Gasteiger partial charge in [-0.15, -0.1) is 0 Å². The van der Waals surface area contributed by atoms with E-state index in [2.05, 4.69) is 12.2 Å². The third-order valence-electron chi connectivity index (χ3n) is 3.11. The Balaban J connectivity index is 2.03. The summed E-state index contributed by atoms with van der Waals surface area (Å²) in [7, 11) is 0. The minimum atomic E-state index is -4.29. The summed E-state index contributed by atoms with van der Waals surface area (Å²) < 4.78 is 37.8. The smallest absolute Gasteiger partial charge is 0.381 e. The summed E-state index contributed by atoms with van der Waals surface area (Å²) in [5.41, 5.74) is 2.13. The van der Waals surface area contributed by atoms with Crippen LogP contribution in [0.15, 0.2) is 48.5 Å². The molecule has 0 radical (unpaired) electrons. The standard InChI is InChI=1S/C16H16F3N/c1-2-12-6-8-15(9-7-12)20-11-13-4-3-5-14(10-13)16(17,18)19/h3-10,20H,2,11H2,1H3. The van der Waals surface area contributed by atoms with Crippen LogP contribution < -0.4 is 5.32 Å². The SMILES string of the molecule is CCc1ccc(NCc2cccc(C(F)(F)F)c2)cc1. The topological polar surface area (TPSA) is 12.0 Å². The molecule has 0 heterocycles. The minimum Gasteiger partial charge on any atom is -0.381 e. The molecule has 106 valence electrons. The van der Waals surface area contributed by atoms with Crippen molar-refractivity contribution in [3.63, 3.8) is 0 Å². The molecule has 2 rings (SSSR count). The van der Waals surface area contributed by atoms with Crippen LogP contribution in [0.4, 0.5) is 18.9 Å². The van der Waals surface area contributed by atoms with Crippen LogP contribution in [0.25, 0.3) is 0 Å². The Bertz CT molecular complexity index is 559. The summed E-state index contributed by atoms with van der Waals surface area (Å²) in [4.78, 5) is 0. The molecule has 0 saturated heterocycles. The number of hydrogen-bond acceptors (Lipinski definition) is 1. The number of hydrogen-bond donors (Lipinski definition) is 1. The molecule has 0 aromatic heterocycles. The number of rotatable bonds is 4. The molecule has 2 aromatic carbocycles. The summed E-state index contributed by atoms with van der Waals surface area (Å²) in [5.74, 6) is 0. The first kappa shape index (κ1) is 14.4. The number of benzene rings is 2. The molecule has 0 saturated carbocycles. The van der Waals surface area contributed by atoms with Crippen LogP contribution in [0.5, 0.6) is 0 Å². The van der Waals surface area contributed by atoms with Crippen LogP contribution in [0.2, 0.25) is 0 Å². The maximum absolute atomic E-state index is 12.6. The fraction of sp³-hybridized carbons (Fsp3) is 0.250. The maximum Gasteiger partial charge on any atom is 0.416 e. The lowest BCUT2D eigenvalue weighted by Crippen LogP contribution is -2.06. The predicted octanol–water partition coefficient (Wildman–Crippen LogP) is 4.88. The fourth-order valence-corrected chi connectivity index (χ4v) is 1.92. The largest absolute Gasteiger partial charge is 0.416 e. The molecule has 0 unspecified atom stereocenters. The van der Waals surface area contributed by atoms with Crippen LogP contribution >= 0.6 is 0 Å². The third kappa shape index (κ3) is 3.76. The highest BCUT2D eigenvalue weighted by Gasteiger charge is 2.30. The van der Waals surface area contributed by atoms with E-state index in [-0.39, 0.29) is 0 Å². The molecule has 4 heteroatoms. The van der Waals surface area contributed by atoms with Gasteiger partial charge in [-0.2, -0.15) is 13.2 Å². The summed E-state index contributed by atoms with van der Waals surface area (Å²) in [6, 6.07) is 13.3. The fourth-order valence-electron chi connectivity index (χ4n) is 1.92. The van der Waals surface area contributed by atoms with Crippen LogP contribution in [-0.4, -0.2) is 0 Å². The van der Waals surface area contributed by atoms with E-state index in [0.29, 0.717) is 12.1 Å². The lowest BCUT2D eigenvalue weighted by Gasteiger charge is -2.10. The van der Waals surface area contributed by atoms with Crippen LogP contribution in [0, 0.1) is 0 Å². The van der Waals surface area contributed by atoms with Gasteiger partial charge >= 0.3 is 6.18 Å². The number of anilines is 1. The monoisotopic (exact) mass is 279 g/mol. The second-order valence-corrected chi connectivity index (χ2v) is 4.60. The summed E-state index contributed by atoms with van der Waals surface area (Å²) >= 11 is 0. The highest BCUT2D eigenvalue weighted by molar-refractivity contribution is 5.45. The van der Waals surface area contributed by atoms with Crippen molar-refractivity contribution in [1.82, 2.24) is 0 Å². The van der Waals surface area contributed by atoms with Crippen molar-refractivity contribution in [2.24, 2.45) is 0 Å². The van der Waals surface area contributed by atoms with Crippen molar-refractivity contribution in [3.05, 3.63) is 65.2 Å². The molecule has 0 aliphatic heterocycles. The van der Waals surface area contributed by atoms with Gasteiger partial charge in [0.25, 0.3) is 0 Å². The first-order chi connectivity index (χ1) is 9.49. The normalized spacial score (nSPS) is 11.4. The second kappa shape index (κ2) is 5.99. The van der Waals surface area contributed by atoms with Crippen molar-refractivity contribution < 1.29 is 13.2 Å². The average Bonchev–Trinajstić information content (AvgIpc) is 2.45. The molecular weight excluding hydrogens is 263 g/mol. The van der Waals surface area contributed by atoms with Crippen molar-refractivity contribution in [1.29, 1.82) is 0 Å². The third-order valence-corrected chi connectivity index (χ3v) is 3.11. The van der Waals surface area contributed by atoms with Gasteiger partial charge in [-0.3, -0.25) is 0 Å². The number of nitrogens with one attached hydrogen (secondary N) is 1. The average molecular weight is 279 g/mol. The van der Waals surface area contributed by atoms with E-state index in [1.165, 1.54) is 17.7 Å². The first-order valence-electron chi connectivity index (χ1n) is 6.48. The van der Waals surface area contributed by atoms with Gasteiger partial charge in [0, 0.05) is 12.2 Å². The Morgan fingerprint density at radius 2 is 1.65 bits per heavy atom. The Labute approximate surface area is 116 Å². The van der Waals surface area contributed by atoms with Gasteiger partial charge < -0.3 is 5.32 Å². The Morgan fingerprint density at radius 3 is 2.25 bits per heavy atom. The summed E-state index contributed by atoms with van der Waals surface area (Å²) in [6.45, 7) is 2.44. The van der Waals surface area contributed by atoms with E-state index >= 15 is 0 Å². The van der Waals surface area contributed by atoms with E-state index in [9.17, 15) is 13.2 Å². The van der Waals surface area contributed by atoms with Crippen molar-refractivity contribution in [3.8, 4) is 0 Å². The van der Waals surface area contributed by atoms with Crippen LogP contribution in [0.1, 0.15) is 23.6 Å². The highest BCUT2D eigenvalue weighted by atomic mass is 19.4. The summed E-state index contributed by atoms with van der Waals surface area (Å²) in [6.07, 6.45) is -3.33. The molecule has 0 spiro atoms.